The number of thioether (sulfide) groups is 1. The van der Waals surface area contributed by atoms with Crippen LogP contribution < -0.4 is 0 Å². The lowest BCUT2D eigenvalue weighted by atomic mass is 10.00. The first-order valence-electron chi connectivity index (χ1n) is 5.89. The van der Waals surface area contributed by atoms with Gasteiger partial charge >= 0.3 is 5.97 Å². The summed E-state index contributed by atoms with van der Waals surface area (Å²) in [6, 6.07) is 14.9. The van der Waals surface area contributed by atoms with Crippen molar-refractivity contribution in [2.24, 2.45) is 0 Å². The molecule has 0 aromatic heterocycles. The second kappa shape index (κ2) is 6.25. The van der Waals surface area contributed by atoms with Crippen molar-refractivity contribution in [1.29, 1.82) is 0 Å². The van der Waals surface area contributed by atoms with Crippen LogP contribution in [-0.4, -0.2) is 16.8 Å². The van der Waals surface area contributed by atoms with Crippen LogP contribution in [0.25, 0.3) is 11.1 Å². The molecule has 0 spiro atoms. The van der Waals surface area contributed by atoms with Crippen LogP contribution >= 0.6 is 11.8 Å². The first-order valence-corrected chi connectivity index (χ1v) is 6.88. The Kier molecular flexibility index (Phi) is 4.42. The molecule has 0 fully saturated rings. The molecule has 0 atom stereocenters. The molecule has 0 radical (unpaired) electrons. The second-order valence-electron chi connectivity index (χ2n) is 3.95. The van der Waals surface area contributed by atoms with E-state index in [2.05, 4.69) is 6.58 Å². The standard InChI is InChI=1S/C16H14O2S/c1-2-11-19-15-10-6-5-8-13(15)12-7-3-4-9-14(12)16(17)18/h2-10H,1,11H2,(H,17,18). The minimum atomic E-state index is -0.904. The van der Waals surface area contributed by atoms with Gasteiger partial charge in [-0.15, -0.1) is 18.3 Å². The molecule has 3 heteroatoms. The van der Waals surface area contributed by atoms with Gasteiger partial charge in [0.1, 0.15) is 0 Å². The second-order valence-corrected chi connectivity index (χ2v) is 5.01. The Hall–Kier alpha value is -2.00. The highest BCUT2D eigenvalue weighted by atomic mass is 32.2. The van der Waals surface area contributed by atoms with Gasteiger partial charge in [0, 0.05) is 10.6 Å². The fourth-order valence-electron chi connectivity index (χ4n) is 1.87. The van der Waals surface area contributed by atoms with E-state index < -0.39 is 5.97 Å². The molecule has 2 rings (SSSR count). The molecule has 19 heavy (non-hydrogen) atoms. The van der Waals surface area contributed by atoms with Crippen LogP contribution in [0.15, 0.2) is 66.1 Å². The molecule has 0 heterocycles. The van der Waals surface area contributed by atoms with Gasteiger partial charge < -0.3 is 5.11 Å². The van der Waals surface area contributed by atoms with Gasteiger partial charge in [-0.2, -0.15) is 0 Å². The van der Waals surface area contributed by atoms with Crippen molar-refractivity contribution in [3.63, 3.8) is 0 Å². The highest BCUT2D eigenvalue weighted by Crippen LogP contribution is 2.33. The van der Waals surface area contributed by atoms with E-state index in [1.807, 2.05) is 42.5 Å². The quantitative estimate of drug-likeness (QED) is 0.649. The summed E-state index contributed by atoms with van der Waals surface area (Å²) >= 11 is 1.65. The topological polar surface area (TPSA) is 37.3 Å². The first-order chi connectivity index (χ1) is 9.24. The van der Waals surface area contributed by atoms with Crippen molar-refractivity contribution >= 4 is 17.7 Å². The molecule has 0 saturated carbocycles. The van der Waals surface area contributed by atoms with E-state index >= 15 is 0 Å². The highest BCUT2D eigenvalue weighted by molar-refractivity contribution is 7.99. The predicted octanol–water partition coefficient (Wildman–Crippen LogP) is 4.33. The molecule has 96 valence electrons. The van der Waals surface area contributed by atoms with Crippen molar-refractivity contribution in [3.8, 4) is 11.1 Å². The normalized spacial score (nSPS) is 10.1. The first kappa shape index (κ1) is 13.4. The van der Waals surface area contributed by atoms with Gasteiger partial charge in [0.25, 0.3) is 0 Å². The van der Waals surface area contributed by atoms with E-state index in [9.17, 15) is 9.90 Å². The zero-order valence-electron chi connectivity index (χ0n) is 10.4. The molecule has 0 saturated heterocycles. The van der Waals surface area contributed by atoms with Crippen molar-refractivity contribution in [1.82, 2.24) is 0 Å². The number of carboxylic acids is 1. The van der Waals surface area contributed by atoms with Crippen LogP contribution in [0.5, 0.6) is 0 Å². The smallest absolute Gasteiger partial charge is 0.336 e. The van der Waals surface area contributed by atoms with E-state index in [1.54, 1.807) is 23.9 Å². The maximum absolute atomic E-state index is 11.3. The lowest BCUT2D eigenvalue weighted by Gasteiger charge is -2.10. The summed E-state index contributed by atoms with van der Waals surface area (Å²) in [6.07, 6.45) is 1.84. The summed E-state index contributed by atoms with van der Waals surface area (Å²) in [7, 11) is 0. The van der Waals surface area contributed by atoms with E-state index in [4.69, 9.17) is 0 Å². The minimum absolute atomic E-state index is 0.328. The van der Waals surface area contributed by atoms with Crippen LogP contribution in [-0.2, 0) is 0 Å². The highest BCUT2D eigenvalue weighted by Gasteiger charge is 2.13. The van der Waals surface area contributed by atoms with Crippen LogP contribution in [0.3, 0.4) is 0 Å². The van der Waals surface area contributed by atoms with Crippen LogP contribution in [0, 0.1) is 0 Å². The fourth-order valence-corrected chi connectivity index (χ4v) is 2.67. The van der Waals surface area contributed by atoms with Crippen LogP contribution in [0.1, 0.15) is 10.4 Å². The van der Waals surface area contributed by atoms with Gasteiger partial charge in [-0.1, -0.05) is 42.5 Å². The van der Waals surface area contributed by atoms with Gasteiger partial charge in [0.05, 0.1) is 5.56 Å². The van der Waals surface area contributed by atoms with Crippen molar-refractivity contribution in [2.45, 2.75) is 4.90 Å². The molecule has 0 aliphatic carbocycles. The van der Waals surface area contributed by atoms with Crippen molar-refractivity contribution in [2.75, 3.05) is 5.75 Å². The van der Waals surface area contributed by atoms with Crippen LogP contribution in [0.4, 0.5) is 0 Å². The Balaban J connectivity index is 2.52. The summed E-state index contributed by atoms with van der Waals surface area (Å²) in [5.74, 6) is -0.106. The van der Waals surface area contributed by atoms with E-state index in [-0.39, 0.29) is 0 Å². The van der Waals surface area contributed by atoms with E-state index in [0.29, 0.717) is 5.56 Å². The number of hydrogen-bond acceptors (Lipinski definition) is 2. The third-order valence-corrected chi connectivity index (χ3v) is 3.76. The Morgan fingerprint density at radius 2 is 1.74 bits per heavy atom. The van der Waals surface area contributed by atoms with Crippen molar-refractivity contribution in [3.05, 3.63) is 66.7 Å². The number of carboxylic acid groups (broad SMARTS) is 1. The molecule has 2 aromatic carbocycles. The van der Waals surface area contributed by atoms with Gasteiger partial charge in [-0.05, 0) is 23.3 Å². The molecule has 2 aromatic rings. The zero-order chi connectivity index (χ0) is 13.7. The number of benzene rings is 2. The molecule has 1 N–H and O–H groups in total. The van der Waals surface area contributed by atoms with Crippen LogP contribution in [0.2, 0.25) is 0 Å². The average Bonchev–Trinajstić information content (AvgIpc) is 2.45. The molecule has 0 unspecified atom stereocenters. The average molecular weight is 270 g/mol. The molecule has 0 amide bonds. The fraction of sp³-hybridized carbons (Fsp3) is 0.0625. The summed E-state index contributed by atoms with van der Waals surface area (Å²) in [5, 5.41) is 9.27. The van der Waals surface area contributed by atoms with Gasteiger partial charge in [-0.3, -0.25) is 0 Å². The molecule has 2 nitrogen and oxygen atoms in total. The predicted molar refractivity (Wildman–Crippen MR) is 79.8 cm³/mol. The van der Waals surface area contributed by atoms with Crippen molar-refractivity contribution < 1.29 is 9.90 Å². The minimum Gasteiger partial charge on any atom is -0.478 e. The number of hydrogen-bond donors (Lipinski definition) is 1. The van der Waals surface area contributed by atoms with E-state index in [1.165, 1.54) is 0 Å². The number of aromatic carboxylic acids is 1. The summed E-state index contributed by atoms with van der Waals surface area (Å²) < 4.78 is 0. The number of carbonyl (C=O) groups is 1. The Morgan fingerprint density at radius 1 is 1.11 bits per heavy atom. The Labute approximate surface area is 116 Å². The molecular formula is C16H14O2S. The summed E-state index contributed by atoms with van der Waals surface area (Å²) in [6.45, 7) is 3.71. The monoisotopic (exact) mass is 270 g/mol. The Bertz CT molecular complexity index is 605. The summed E-state index contributed by atoms with van der Waals surface area (Å²) in [5.41, 5.74) is 2.03. The SMILES string of the molecule is C=CCSc1ccccc1-c1ccccc1C(=O)O. The molecule has 0 bridgehead atoms. The maximum Gasteiger partial charge on any atom is 0.336 e. The van der Waals surface area contributed by atoms with Gasteiger partial charge in [0.2, 0.25) is 0 Å². The molecular weight excluding hydrogens is 256 g/mol. The number of rotatable bonds is 5. The molecule has 0 aliphatic rings. The summed E-state index contributed by atoms with van der Waals surface area (Å²) in [4.78, 5) is 12.4. The largest absolute Gasteiger partial charge is 0.478 e. The third kappa shape index (κ3) is 3.06. The lowest BCUT2D eigenvalue weighted by Crippen LogP contribution is -1.99. The Morgan fingerprint density at radius 3 is 2.42 bits per heavy atom. The lowest BCUT2D eigenvalue weighted by molar-refractivity contribution is 0.0697. The zero-order valence-corrected chi connectivity index (χ0v) is 11.2. The third-order valence-electron chi connectivity index (χ3n) is 2.69. The molecule has 0 aliphatic heterocycles. The van der Waals surface area contributed by atoms with Gasteiger partial charge in [0.15, 0.2) is 0 Å². The maximum atomic E-state index is 11.3. The van der Waals surface area contributed by atoms with E-state index in [0.717, 1.165) is 21.8 Å². The van der Waals surface area contributed by atoms with Gasteiger partial charge in [-0.25, -0.2) is 4.79 Å².